The zero-order valence-corrected chi connectivity index (χ0v) is 18.6. The minimum atomic E-state index is -0.305. The molecule has 1 aromatic carbocycles. The van der Waals surface area contributed by atoms with Gasteiger partial charge in [-0.25, -0.2) is 0 Å². The summed E-state index contributed by atoms with van der Waals surface area (Å²) in [6, 6.07) is 10.1. The number of hydrogen-bond acceptors (Lipinski definition) is 5. The Kier molecular flexibility index (Phi) is 5.90. The Labute approximate surface area is 187 Å². The normalized spacial score (nSPS) is 19.3. The lowest BCUT2D eigenvalue weighted by atomic mass is 9.91. The lowest BCUT2D eigenvalue weighted by molar-refractivity contribution is -0.149. The van der Waals surface area contributed by atoms with Crippen molar-refractivity contribution in [3.05, 3.63) is 51.9 Å². The van der Waals surface area contributed by atoms with E-state index in [-0.39, 0.29) is 31.1 Å². The zero-order chi connectivity index (χ0) is 21.2. The second-order valence-electron chi connectivity index (χ2n) is 8.65. The van der Waals surface area contributed by atoms with Crippen LogP contribution in [-0.4, -0.2) is 36.8 Å². The molecule has 2 aromatic rings. The van der Waals surface area contributed by atoms with Crippen LogP contribution in [0.3, 0.4) is 0 Å². The number of anilines is 1. The molecule has 2 heterocycles. The number of thiophene rings is 1. The van der Waals surface area contributed by atoms with Gasteiger partial charge in [0.15, 0.2) is 0 Å². The number of amides is 1. The molecule has 5 rings (SSSR count). The molecule has 5 nitrogen and oxygen atoms in total. The van der Waals surface area contributed by atoms with Crippen molar-refractivity contribution in [2.45, 2.75) is 63.9 Å². The predicted octanol–water partition coefficient (Wildman–Crippen LogP) is 4.69. The van der Waals surface area contributed by atoms with Gasteiger partial charge in [0.2, 0.25) is 5.91 Å². The Bertz CT molecular complexity index is 1010. The van der Waals surface area contributed by atoms with Crippen LogP contribution in [0.1, 0.15) is 66.5 Å². The number of aryl methyl sites for hydroxylation is 1. The summed E-state index contributed by atoms with van der Waals surface area (Å²) in [6.07, 6.45) is 9.63. The fourth-order valence-electron chi connectivity index (χ4n) is 4.94. The minimum absolute atomic E-state index is 0.00419. The zero-order valence-electron chi connectivity index (χ0n) is 17.8. The lowest BCUT2D eigenvalue weighted by Gasteiger charge is -2.24. The SMILES string of the molecule is O=C(CN1C(=O)CN=C(c2ccccc2)c2c1sc1c2CCCC1)OC1CCCCC1. The number of ether oxygens (including phenoxy) is 1. The highest BCUT2D eigenvalue weighted by atomic mass is 32.1. The molecule has 3 aliphatic rings. The van der Waals surface area contributed by atoms with Crippen molar-refractivity contribution >= 4 is 33.9 Å². The predicted molar refractivity (Wildman–Crippen MR) is 123 cm³/mol. The van der Waals surface area contributed by atoms with Crippen molar-refractivity contribution in [3.8, 4) is 0 Å². The van der Waals surface area contributed by atoms with Crippen LogP contribution in [0.25, 0.3) is 0 Å². The van der Waals surface area contributed by atoms with E-state index in [9.17, 15) is 9.59 Å². The summed E-state index contributed by atoms with van der Waals surface area (Å²) < 4.78 is 5.75. The summed E-state index contributed by atoms with van der Waals surface area (Å²) >= 11 is 1.67. The number of nitrogens with zero attached hydrogens (tertiary/aromatic N) is 2. The molecule has 0 unspecified atom stereocenters. The molecular formula is C25H28N2O3S. The topological polar surface area (TPSA) is 59.0 Å². The molecule has 1 aliphatic heterocycles. The summed E-state index contributed by atoms with van der Waals surface area (Å²) in [5.74, 6) is -0.438. The second-order valence-corrected chi connectivity index (χ2v) is 9.74. The number of hydrogen-bond donors (Lipinski definition) is 0. The van der Waals surface area contributed by atoms with Crippen LogP contribution in [0.5, 0.6) is 0 Å². The monoisotopic (exact) mass is 436 g/mol. The Morgan fingerprint density at radius 2 is 1.84 bits per heavy atom. The third-order valence-electron chi connectivity index (χ3n) is 6.49. The average Bonchev–Trinajstić information content (AvgIpc) is 3.12. The van der Waals surface area contributed by atoms with Crippen LogP contribution in [0.4, 0.5) is 5.00 Å². The first-order valence-corrected chi connectivity index (χ1v) is 12.3. The van der Waals surface area contributed by atoms with Crippen LogP contribution >= 0.6 is 11.3 Å². The van der Waals surface area contributed by atoms with Crippen LogP contribution in [0.2, 0.25) is 0 Å². The van der Waals surface area contributed by atoms with Crippen LogP contribution < -0.4 is 4.90 Å². The third-order valence-corrected chi connectivity index (χ3v) is 7.81. The molecule has 0 spiro atoms. The van der Waals surface area contributed by atoms with Crippen molar-refractivity contribution in [3.63, 3.8) is 0 Å². The van der Waals surface area contributed by atoms with E-state index in [1.165, 1.54) is 23.3 Å². The van der Waals surface area contributed by atoms with Crippen molar-refractivity contribution in [2.75, 3.05) is 18.0 Å². The molecule has 0 saturated heterocycles. The van der Waals surface area contributed by atoms with E-state index in [4.69, 9.17) is 9.73 Å². The third kappa shape index (κ3) is 4.18. The quantitative estimate of drug-likeness (QED) is 0.654. The maximum Gasteiger partial charge on any atom is 0.326 e. The lowest BCUT2D eigenvalue weighted by Crippen LogP contribution is -2.38. The molecular weight excluding hydrogens is 408 g/mol. The van der Waals surface area contributed by atoms with Crippen molar-refractivity contribution < 1.29 is 14.3 Å². The summed E-state index contributed by atoms with van der Waals surface area (Å²) in [4.78, 5) is 33.6. The Morgan fingerprint density at radius 3 is 2.65 bits per heavy atom. The van der Waals surface area contributed by atoms with Gasteiger partial charge in [-0.2, -0.15) is 0 Å². The van der Waals surface area contributed by atoms with Crippen molar-refractivity contribution in [1.82, 2.24) is 0 Å². The molecule has 1 fully saturated rings. The first-order valence-electron chi connectivity index (χ1n) is 11.5. The van der Waals surface area contributed by atoms with Gasteiger partial charge in [0.05, 0.1) is 5.71 Å². The highest BCUT2D eigenvalue weighted by molar-refractivity contribution is 7.17. The van der Waals surface area contributed by atoms with E-state index >= 15 is 0 Å². The standard InChI is InChI=1S/C25H28N2O3S/c28-21-15-26-24(17-9-3-1-4-10-17)23-19-13-7-8-14-20(19)31-25(23)27(21)16-22(29)30-18-11-5-2-6-12-18/h1,3-4,9-10,18H,2,5-8,11-16H2. The van der Waals surface area contributed by atoms with E-state index in [1.807, 2.05) is 30.3 Å². The summed E-state index contributed by atoms with van der Waals surface area (Å²) in [6.45, 7) is 0.0242. The smallest absolute Gasteiger partial charge is 0.326 e. The summed E-state index contributed by atoms with van der Waals surface area (Å²) in [5, 5.41) is 0.873. The maximum atomic E-state index is 13.1. The van der Waals surface area contributed by atoms with Gasteiger partial charge >= 0.3 is 5.97 Å². The largest absolute Gasteiger partial charge is 0.461 e. The van der Waals surface area contributed by atoms with Crippen LogP contribution in [-0.2, 0) is 27.2 Å². The van der Waals surface area contributed by atoms with Gasteiger partial charge in [0.1, 0.15) is 24.2 Å². The van der Waals surface area contributed by atoms with Gasteiger partial charge in [-0.3, -0.25) is 19.5 Å². The first-order chi connectivity index (χ1) is 15.2. The van der Waals surface area contributed by atoms with Crippen LogP contribution in [0.15, 0.2) is 35.3 Å². The van der Waals surface area contributed by atoms with Crippen molar-refractivity contribution in [2.24, 2.45) is 4.99 Å². The number of carbonyl (C=O) groups excluding carboxylic acids is 2. The minimum Gasteiger partial charge on any atom is -0.461 e. The summed E-state index contributed by atoms with van der Waals surface area (Å²) in [5.41, 5.74) is 4.28. The molecule has 1 amide bonds. The molecule has 0 N–H and O–H groups in total. The molecule has 0 radical (unpaired) electrons. The number of aliphatic imine (C=N–C) groups is 1. The maximum absolute atomic E-state index is 13.1. The van der Waals surface area contributed by atoms with E-state index in [0.29, 0.717) is 0 Å². The van der Waals surface area contributed by atoms with E-state index < -0.39 is 0 Å². The van der Waals surface area contributed by atoms with E-state index in [0.717, 1.165) is 66.8 Å². The fraction of sp³-hybridized carbons (Fsp3) is 0.480. The molecule has 0 atom stereocenters. The van der Waals surface area contributed by atoms with Gasteiger partial charge in [0, 0.05) is 16.0 Å². The number of esters is 1. The molecule has 1 saturated carbocycles. The molecule has 2 aliphatic carbocycles. The average molecular weight is 437 g/mol. The van der Waals surface area contributed by atoms with Gasteiger partial charge in [-0.1, -0.05) is 36.8 Å². The van der Waals surface area contributed by atoms with Gasteiger partial charge in [0.25, 0.3) is 0 Å². The Morgan fingerprint density at radius 1 is 1.06 bits per heavy atom. The van der Waals surface area contributed by atoms with E-state index in [2.05, 4.69) is 0 Å². The molecule has 6 heteroatoms. The number of carbonyl (C=O) groups is 2. The van der Waals surface area contributed by atoms with Gasteiger partial charge < -0.3 is 4.74 Å². The second kappa shape index (κ2) is 8.95. The number of fused-ring (bicyclic) bond motifs is 3. The molecule has 1 aromatic heterocycles. The number of rotatable bonds is 4. The molecule has 31 heavy (non-hydrogen) atoms. The highest BCUT2D eigenvalue weighted by Gasteiger charge is 2.34. The highest BCUT2D eigenvalue weighted by Crippen LogP contribution is 2.42. The van der Waals surface area contributed by atoms with Gasteiger partial charge in [-0.05, 0) is 56.9 Å². The fourth-order valence-corrected chi connectivity index (χ4v) is 6.34. The van der Waals surface area contributed by atoms with Crippen molar-refractivity contribution in [1.29, 1.82) is 0 Å². The Hall–Kier alpha value is -2.47. The number of benzene rings is 1. The van der Waals surface area contributed by atoms with E-state index in [1.54, 1.807) is 16.2 Å². The Balaban J connectivity index is 1.49. The van der Waals surface area contributed by atoms with Gasteiger partial charge in [-0.15, -0.1) is 11.3 Å². The molecule has 162 valence electrons. The summed E-state index contributed by atoms with van der Waals surface area (Å²) in [7, 11) is 0. The molecule has 0 bridgehead atoms. The first kappa shape index (κ1) is 20.4. The van der Waals surface area contributed by atoms with Crippen LogP contribution in [0, 0.1) is 0 Å².